The number of benzene rings is 1. The zero-order chi connectivity index (χ0) is 11.2. The molecule has 2 aliphatic rings. The first-order valence-corrected chi connectivity index (χ1v) is 5.81. The topological polar surface area (TPSA) is 30.5 Å². The maximum absolute atomic E-state index is 5.61. The Morgan fingerprint density at radius 3 is 2.56 bits per heavy atom. The Labute approximate surface area is 95.8 Å². The summed E-state index contributed by atoms with van der Waals surface area (Å²) in [7, 11) is 0. The van der Waals surface area contributed by atoms with Crippen LogP contribution in [0.15, 0.2) is 18.2 Å². The number of nitrogens with one attached hydrogen (secondary N) is 1. The van der Waals surface area contributed by atoms with Gasteiger partial charge in [0.05, 0.1) is 0 Å². The van der Waals surface area contributed by atoms with Gasteiger partial charge in [-0.3, -0.25) is 0 Å². The molecule has 0 spiro atoms. The Kier molecular flexibility index (Phi) is 2.11. The van der Waals surface area contributed by atoms with Crippen LogP contribution in [0.4, 0.5) is 0 Å². The molecule has 1 aromatic rings. The van der Waals surface area contributed by atoms with E-state index in [1.165, 1.54) is 5.56 Å². The fraction of sp³-hybridized carbons (Fsp3) is 0.538. The molecule has 3 rings (SSSR count). The van der Waals surface area contributed by atoms with Crippen LogP contribution in [0.3, 0.4) is 0 Å². The third kappa shape index (κ3) is 1.47. The molecule has 1 aromatic carbocycles. The highest BCUT2D eigenvalue weighted by molar-refractivity contribution is 5.46. The van der Waals surface area contributed by atoms with E-state index in [1.54, 1.807) is 0 Å². The highest BCUT2D eigenvalue weighted by atomic mass is 16.6. The Hall–Kier alpha value is -1.22. The Bertz CT molecular complexity index is 414. The molecule has 2 aliphatic heterocycles. The van der Waals surface area contributed by atoms with Crippen LogP contribution in [0.2, 0.25) is 0 Å². The first kappa shape index (κ1) is 9.97. The normalized spacial score (nSPS) is 26.0. The van der Waals surface area contributed by atoms with Gasteiger partial charge >= 0.3 is 0 Å². The van der Waals surface area contributed by atoms with Crippen molar-refractivity contribution in [2.45, 2.75) is 25.3 Å². The average Bonchev–Trinajstić information content (AvgIpc) is 2.28. The summed E-state index contributed by atoms with van der Waals surface area (Å²) in [6, 6.07) is 6.31. The van der Waals surface area contributed by atoms with Crippen molar-refractivity contribution in [3.63, 3.8) is 0 Å². The van der Waals surface area contributed by atoms with Crippen molar-refractivity contribution in [3.05, 3.63) is 23.8 Å². The highest BCUT2D eigenvalue weighted by Gasteiger charge is 2.39. The summed E-state index contributed by atoms with van der Waals surface area (Å²) in [5.74, 6) is 2.34. The third-order valence-corrected chi connectivity index (χ3v) is 3.60. The Morgan fingerprint density at radius 2 is 1.94 bits per heavy atom. The second kappa shape index (κ2) is 3.39. The van der Waals surface area contributed by atoms with Gasteiger partial charge in [-0.05, 0) is 31.5 Å². The smallest absolute Gasteiger partial charge is 0.161 e. The van der Waals surface area contributed by atoms with Crippen molar-refractivity contribution in [1.82, 2.24) is 5.32 Å². The lowest BCUT2D eigenvalue weighted by molar-refractivity contribution is 0.169. The van der Waals surface area contributed by atoms with Crippen molar-refractivity contribution in [2.75, 3.05) is 19.8 Å². The van der Waals surface area contributed by atoms with Crippen LogP contribution in [0.1, 0.15) is 25.3 Å². The van der Waals surface area contributed by atoms with Gasteiger partial charge in [-0.1, -0.05) is 6.07 Å². The van der Waals surface area contributed by atoms with E-state index in [1.807, 2.05) is 6.07 Å². The van der Waals surface area contributed by atoms with Crippen LogP contribution in [0.25, 0.3) is 0 Å². The molecule has 0 amide bonds. The van der Waals surface area contributed by atoms with E-state index in [4.69, 9.17) is 9.47 Å². The second-order valence-corrected chi connectivity index (χ2v) is 5.06. The molecule has 1 atom stereocenters. The zero-order valence-electron chi connectivity index (χ0n) is 9.75. The Balaban J connectivity index is 1.91. The average molecular weight is 219 g/mol. The summed E-state index contributed by atoms with van der Waals surface area (Å²) in [6.07, 6.45) is 0. The molecule has 0 aromatic heterocycles. The van der Waals surface area contributed by atoms with Gasteiger partial charge in [-0.25, -0.2) is 0 Å². The SMILES string of the molecule is CC1(C)NCC1c1ccc2c(c1)OCCO2. The largest absolute Gasteiger partial charge is 0.486 e. The molecule has 2 heterocycles. The molecular formula is C13H17NO2. The van der Waals surface area contributed by atoms with Crippen molar-refractivity contribution in [3.8, 4) is 11.5 Å². The lowest BCUT2D eigenvalue weighted by atomic mass is 9.75. The van der Waals surface area contributed by atoms with Crippen molar-refractivity contribution in [1.29, 1.82) is 0 Å². The van der Waals surface area contributed by atoms with Gasteiger partial charge in [0.25, 0.3) is 0 Å². The predicted octanol–water partition coefficient (Wildman–Crippen LogP) is 1.92. The molecule has 0 radical (unpaired) electrons. The highest BCUT2D eigenvalue weighted by Crippen LogP contribution is 2.39. The summed E-state index contributed by atoms with van der Waals surface area (Å²) >= 11 is 0. The molecule has 86 valence electrons. The molecule has 0 aliphatic carbocycles. The molecule has 0 saturated carbocycles. The summed E-state index contributed by atoms with van der Waals surface area (Å²) in [6.45, 7) is 6.83. The van der Waals surface area contributed by atoms with E-state index >= 15 is 0 Å². The van der Waals surface area contributed by atoms with Crippen LogP contribution in [0.5, 0.6) is 11.5 Å². The van der Waals surface area contributed by atoms with Crippen molar-refractivity contribution in [2.24, 2.45) is 0 Å². The number of ether oxygens (including phenoxy) is 2. The minimum atomic E-state index is 0.198. The first-order valence-electron chi connectivity index (χ1n) is 5.81. The van der Waals surface area contributed by atoms with Crippen LogP contribution in [-0.4, -0.2) is 25.3 Å². The molecule has 3 heteroatoms. The first-order chi connectivity index (χ1) is 7.67. The van der Waals surface area contributed by atoms with Crippen LogP contribution in [-0.2, 0) is 0 Å². The summed E-state index contributed by atoms with van der Waals surface area (Å²) in [5.41, 5.74) is 1.54. The number of fused-ring (bicyclic) bond motifs is 1. The summed E-state index contributed by atoms with van der Waals surface area (Å²) in [4.78, 5) is 0. The predicted molar refractivity (Wildman–Crippen MR) is 62.3 cm³/mol. The van der Waals surface area contributed by atoms with E-state index in [2.05, 4.69) is 31.3 Å². The minimum Gasteiger partial charge on any atom is -0.486 e. The number of rotatable bonds is 1. The molecule has 1 N–H and O–H groups in total. The van der Waals surface area contributed by atoms with Crippen molar-refractivity contribution < 1.29 is 9.47 Å². The van der Waals surface area contributed by atoms with Crippen LogP contribution >= 0.6 is 0 Å². The van der Waals surface area contributed by atoms with Gasteiger partial charge in [0.2, 0.25) is 0 Å². The molecule has 0 bridgehead atoms. The van der Waals surface area contributed by atoms with Crippen molar-refractivity contribution >= 4 is 0 Å². The van der Waals surface area contributed by atoms with Gasteiger partial charge in [0.15, 0.2) is 11.5 Å². The van der Waals surface area contributed by atoms with E-state index in [-0.39, 0.29) is 5.54 Å². The standard InChI is InChI=1S/C13H17NO2/c1-13(2)10(8-14-13)9-3-4-11-12(7-9)16-6-5-15-11/h3-4,7,10,14H,5-6,8H2,1-2H3. The number of hydrogen-bond donors (Lipinski definition) is 1. The molecule has 1 unspecified atom stereocenters. The monoisotopic (exact) mass is 219 g/mol. The lowest BCUT2D eigenvalue weighted by Gasteiger charge is -2.46. The molecule has 1 fully saturated rings. The van der Waals surface area contributed by atoms with E-state index in [0.29, 0.717) is 19.1 Å². The van der Waals surface area contributed by atoms with E-state index in [0.717, 1.165) is 18.0 Å². The van der Waals surface area contributed by atoms with Gasteiger partial charge < -0.3 is 14.8 Å². The molecular weight excluding hydrogens is 202 g/mol. The van der Waals surface area contributed by atoms with E-state index in [9.17, 15) is 0 Å². The van der Waals surface area contributed by atoms with Gasteiger partial charge in [-0.15, -0.1) is 0 Å². The molecule has 1 saturated heterocycles. The van der Waals surface area contributed by atoms with E-state index < -0.39 is 0 Å². The van der Waals surface area contributed by atoms with Gasteiger partial charge in [-0.2, -0.15) is 0 Å². The van der Waals surface area contributed by atoms with Gasteiger partial charge in [0.1, 0.15) is 13.2 Å². The summed E-state index contributed by atoms with van der Waals surface area (Å²) in [5, 5.41) is 3.44. The fourth-order valence-corrected chi connectivity index (χ4v) is 2.42. The minimum absolute atomic E-state index is 0.198. The Morgan fingerprint density at radius 1 is 1.19 bits per heavy atom. The maximum Gasteiger partial charge on any atom is 0.161 e. The van der Waals surface area contributed by atoms with Crippen LogP contribution < -0.4 is 14.8 Å². The van der Waals surface area contributed by atoms with Gasteiger partial charge in [0, 0.05) is 18.0 Å². The quantitative estimate of drug-likeness (QED) is 0.782. The zero-order valence-corrected chi connectivity index (χ0v) is 9.75. The molecule has 16 heavy (non-hydrogen) atoms. The summed E-state index contributed by atoms with van der Waals surface area (Å²) < 4.78 is 11.1. The second-order valence-electron chi connectivity index (χ2n) is 5.06. The lowest BCUT2D eigenvalue weighted by Crippen LogP contribution is -2.59. The fourth-order valence-electron chi connectivity index (χ4n) is 2.42. The number of hydrogen-bond acceptors (Lipinski definition) is 3. The van der Waals surface area contributed by atoms with Crippen LogP contribution in [0, 0.1) is 0 Å². The molecule has 3 nitrogen and oxygen atoms in total. The third-order valence-electron chi connectivity index (χ3n) is 3.60. The maximum atomic E-state index is 5.61.